The molecular formula is C17H22N4O2S. The average Bonchev–Trinajstić information content (AvgIpc) is 3.03. The Balaban J connectivity index is 1.76. The first-order chi connectivity index (χ1) is 11.5. The second-order valence-electron chi connectivity index (χ2n) is 6.12. The van der Waals surface area contributed by atoms with Crippen LogP contribution >= 0.6 is 0 Å². The molecule has 0 spiro atoms. The third-order valence-corrected chi connectivity index (χ3v) is 5.48. The largest absolute Gasteiger partial charge is 0.372 e. The van der Waals surface area contributed by atoms with Gasteiger partial charge >= 0.3 is 0 Å². The molecule has 0 radical (unpaired) electrons. The Morgan fingerprint density at radius 2 is 2.00 bits per heavy atom. The molecule has 1 fully saturated rings. The first kappa shape index (κ1) is 16.9. The van der Waals surface area contributed by atoms with Gasteiger partial charge in [0, 0.05) is 19.8 Å². The van der Waals surface area contributed by atoms with E-state index < -0.39 is 9.84 Å². The third kappa shape index (κ3) is 3.73. The van der Waals surface area contributed by atoms with Crippen molar-refractivity contribution in [2.45, 2.75) is 30.3 Å². The highest BCUT2D eigenvalue weighted by Gasteiger charge is 2.27. The zero-order chi connectivity index (χ0) is 17.2. The Labute approximate surface area is 142 Å². The first-order valence-electron chi connectivity index (χ1n) is 8.00. The Bertz CT molecular complexity index is 806. The molecule has 6 nitrogen and oxygen atoms in total. The molecule has 128 valence electrons. The molecule has 1 atom stereocenters. The molecular weight excluding hydrogens is 324 g/mol. The fourth-order valence-electron chi connectivity index (χ4n) is 3.09. The van der Waals surface area contributed by atoms with E-state index in [9.17, 15) is 8.42 Å². The standard InChI is InChI=1S/C17H22N4O2S/c1-18-17-11-19-10-15(20-17)16-4-3-9-21(16)12-13-5-7-14(8-6-13)24(2,22)23/h5-8,10-11,16H,3-4,9,12H2,1-2H3,(H,18,20)/t16-/m0/s1. The van der Waals surface area contributed by atoms with Crippen LogP contribution in [0.25, 0.3) is 0 Å². The summed E-state index contributed by atoms with van der Waals surface area (Å²) in [5.74, 6) is 0.775. The highest BCUT2D eigenvalue weighted by atomic mass is 32.2. The second-order valence-corrected chi connectivity index (χ2v) is 8.14. The lowest BCUT2D eigenvalue weighted by Gasteiger charge is -2.24. The van der Waals surface area contributed by atoms with Gasteiger partial charge in [0.2, 0.25) is 0 Å². The van der Waals surface area contributed by atoms with Gasteiger partial charge in [-0.25, -0.2) is 13.4 Å². The van der Waals surface area contributed by atoms with Gasteiger partial charge in [0.15, 0.2) is 9.84 Å². The molecule has 1 saturated heterocycles. The van der Waals surface area contributed by atoms with Crippen molar-refractivity contribution in [3.63, 3.8) is 0 Å². The molecule has 2 aromatic rings. The minimum absolute atomic E-state index is 0.250. The van der Waals surface area contributed by atoms with E-state index in [0.717, 1.165) is 43.0 Å². The smallest absolute Gasteiger partial charge is 0.175 e. The van der Waals surface area contributed by atoms with E-state index in [1.807, 2.05) is 25.4 Å². The van der Waals surface area contributed by atoms with Gasteiger partial charge in [0.25, 0.3) is 0 Å². The number of benzene rings is 1. The molecule has 1 aliphatic heterocycles. The van der Waals surface area contributed by atoms with Gasteiger partial charge in [-0.1, -0.05) is 12.1 Å². The van der Waals surface area contributed by atoms with Crippen molar-refractivity contribution in [3.8, 4) is 0 Å². The minimum atomic E-state index is -3.15. The maximum atomic E-state index is 11.6. The lowest BCUT2D eigenvalue weighted by Crippen LogP contribution is -2.23. The van der Waals surface area contributed by atoms with E-state index in [-0.39, 0.29) is 6.04 Å². The van der Waals surface area contributed by atoms with Gasteiger partial charge in [-0.05, 0) is 37.1 Å². The number of anilines is 1. The fraction of sp³-hybridized carbons (Fsp3) is 0.412. The van der Waals surface area contributed by atoms with Gasteiger partial charge in [-0.2, -0.15) is 0 Å². The number of sulfone groups is 1. The van der Waals surface area contributed by atoms with Crippen molar-refractivity contribution in [1.82, 2.24) is 14.9 Å². The summed E-state index contributed by atoms with van der Waals surface area (Å²) in [4.78, 5) is 11.6. The van der Waals surface area contributed by atoms with Gasteiger partial charge in [-0.3, -0.25) is 9.88 Å². The van der Waals surface area contributed by atoms with Gasteiger partial charge in [0.05, 0.1) is 29.0 Å². The van der Waals surface area contributed by atoms with Gasteiger partial charge < -0.3 is 5.32 Å². The topological polar surface area (TPSA) is 75.2 Å². The predicted molar refractivity (Wildman–Crippen MR) is 93.5 cm³/mol. The van der Waals surface area contributed by atoms with E-state index in [0.29, 0.717) is 4.90 Å². The first-order valence-corrected chi connectivity index (χ1v) is 9.89. The maximum Gasteiger partial charge on any atom is 0.175 e. The van der Waals surface area contributed by atoms with Crippen LogP contribution in [0.1, 0.15) is 30.1 Å². The maximum absolute atomic E-state index is 11.6. The van der Waals surface area contributed by atoms with Crippen molar-refractivity contribution in [3.05, 3.63) is 47.9 Å². The molecule has 2 heterocycles. The molecule has 3 rings (SSSR count). The lowest BCUT2D eigenvalue weighted by atomic mass is 10.1. The van der Waals surface area contributed by atoms with Crippen LogP contribution in [-0.2, 0) is 16.4 Å². The van der Waals surface area contributed by atoms with Crippen LogP contribution in [0.5, 0.6) is 0 Å². The Hall–Kier alpha value is -1.99. The van der Waals surface area contributed by atoms with Crippen LogP contribution < -0.4 is 5.32 Å². The SMILES string of the molecule is CNc1cncc([C@@H]2CCCN2Cc2ccc(S(C)(=O)=O)cc2)n1. The van der Waals surface area contributed by atoms with E-state index in [4.69, 9.17) is 0 Å². The molecule has 0 aliphatic carbocycles. The Morgan fingerprint density at radius 3 is 2.67 bits per heavy atom. The van der Waals surface area contributed by atoms with Crippen LogP contribution in [0.3, 0.4) is 0 Å². The molecule has 1 aromatic heterocycles. The van der Waals surface area contributed by atoms with Crippen LogP contribution in [-0.4, -0.2) is 43.1 Å². The third-order valence-electron chi connectivity index (χ3n) is 4.35. The summed E-state index contributed by atoms with van der Waals surface area (Å²) in [5.41, 5.74) is 2.08. The number of nitrogens with one attached hydrogen (secondary N) is 1. The number of aromatic nitrogens is 2. The lowest BCUT2D eigenvalue weighted by molar-refractivity contribution is 0.244. The predicted octanol–water partition coefficient (Wildman–Crippen LogP) is 2.26. The molecule has 0 saturated carbocycles. The highest BCUT2D eigenvalue weighted by molar-refractivity contribution is 7.90. The molecule has 0 bridgehead atoms. The van der Waals surface area contributed by atoms with E-state index >= 15 is 0 Å². The minimum Gasteiger partial charge on any atom is -0.372 e. The average molecular weight is 346 g/mol. The van der Waals surface area contributed by atoms with Crippen LogP contribution in [0.4, 0.5) is 5.82 Å². The van der Waals surface area contributed by atoms with Crippen LogP contribution in [0.2, 0.25) is 0 Å². The summed E-state index contributed by atoms with van der Waals surface area (Å²) in [6.45, 7) is 1.78. The van der Waals surface area contributed by atoms with Crippen molar-refractivity contribution in [2.24, 2.45) is 0 Å². The van der Waals surface area contributed by atoms with Crippen LogP contribution in [0, 0.1) is 0 Å². The molecule has 1 aliphatic rings. The summed E-state index contributed by atoms with van der Waals surface area (Å²) in [5, 5.41) is 3.03. The summed E-state index contributed by atoms with van der Waals surface area (Å²) < 4.78 is 23.1. The quantitative estimate of drug-likeness (QED) is 0.895. The van der Waals surface area contributed by atoms with Crippen molar-refractivity contribution in [2.75, 3.05) is 25.2 Å². The van der Waals surface area contributed by atoms with Crippen molar-refractivity contribution in [1.29, 1.82) is 0 Å². The van der Waals surface area contributed by atoms with Crippen molar-refractivity contribution < 1.29 is 8.42 Å². The monoisotopic (exact) mass is 346 g/mol. The summed E-state index contributed by atoms with van der Waals surface area (Å²) in [6.07, 6.45) is 6.95. The normalized spacial score (nSPS) is 18.7. The van der Waals surface area contributed by atoms with Crippen LogP contribution in [0.15, 0.2) is 41.6 Å². The molecule has 1 aromatic carbocycles. The number of rotatable bonds is 5. The highest BCUT2D eigenvalue weighted by Crippen LogP contribution is 2.32. The van der Waals surface area contributed by atoms with Gasteiger partial charge in [0.1, 0.15) is 5.82 Å². The summed E-state index contributed by atoms with van der Waals surface area (Å²) in [7, 11) is -1.31. The van der Waals surface area contributed by atoms with E-state index in [2.05, 4.69) is 20.2 Å². The van der Waals surface area contributed by atoms with E-state index in [1.165, 1.54) is 6.26 Å². The Morgan fingerprint density at radius 1 is 1.25 bits per heavy atom. The number of nitrogens with zero attached hydrogens (tertiary/aromatic N) is 3. The number of likely N-dealkylation sites (tertiary alicyclic amines) is 1. The molecule has 7 heteroatoms. The second kappa shape index (κ2) is 6.86. The molecule has 0 amide bonds. The number of hydrogen-bond acceptors (Lipinski definition) is 6. The Kier molecular flexibility index (Phi) is 4.82. The fourth-order valence-corrected chi connectivity index (χ4v) is 3.72. The van der Waals surface area contributed by atoms with Gasteiger partial charge in [-0.15, -0.1) is 0 Å². The molecule has 1 N–H and O–H groups in total. The number of hydrogen-bond donors (Lipinski definition) is 1. The van der Waals surface area contributed by atoms with Crippen molar-refractivity contribution >= 4 is 15.7 Å². The zero-order valence-corrected chi connectivity index (χ0v) is 14.8. The summed E-state index contributed by atoms with van der Waals surface area (Å²) in [6, 6.07) is 7.39. The zero-order valence-electron chi connectivity index (χ0n) is 13.9. The molecule has 24 heavy (non-hydrogen) atoms. The van der Waals surface area contributed by atoms with E-state index in [1.54, 1.807) is 18.3 Å². The molecule has 0 unspecified atom stereocenters. The summed E-state index contributed by atoms with van der Waals surface area (Å²) >= 11 is 0.